The van der Waals surface area contributed by atoms with Crippen molar-refractivity contribution in [1.29, 1.82) is 0 Å². The minimum absolute atomic E-state index is 0.0868. The number of aromatic carboxylic acids is 1. The second-order valence-corrected chi connectivity index (χ2v) is 5.02. The zero-order chi connectivity index (χ0) is 15.6. The van der Waals surface area contributed by atoms with Crippen LogP contribution in [0.25, 0.3) is 0 Å². The molecule has 1 aliphatic heterocycles. The van der Waals surface area contributed by atoms with Crippen molar-refractivity contribution in [3.63, 3.8) is 0 Å². The Hall–Kier alpha value is -2.57. The zero-order valence-corrected chi connectivity index (χ0v) is 11.6. The summed E-state index contributed by atoms with van der Waals surface area (Å²) in [5, 5.41) is 11.6. The molecule has 0 spiro atoms. The van der Waals surface area contributed by atoms with E-state index < -0.39 is 23.9 Å². The fraction of sp³-hybridized carbons (Fsp3) is 0.357. The molecule has 7 heteroatoms. The molecule has 4 N–H and O–H groups in total. The van der Waals surface area contributed by atoms with Gasteiger partial charge in [0.1, 0.15) is 6.04 Å². The smallest absolute Gasteiger partial charge is 0.335 e. The maximum atomic E-state index is 12.2. The van der Waals surface area contributed by atoms with Crippen LogP contribution in [0.3, 0.4) is 0 Å². The third-order valence-corrected chi connectivity index (χ3v) is 3.57. The summed E-state index contributed by atoms with van der Waals surface area (Å²) in [4.78, 5) is 35.9. The minimum atomic E-state index is -1.07. The van der Waals surface area contributed by atoms with Crippen LogP contribution in [0.5, 0.6) is 0 Å². The van der Waals surface area contributed by atoms with Gasteiger partial charge in [0, 0.05) is 12.2 Å². The van der Waals surface area contributed by atoms with Gasteiger partial charge in [-0.3, -0.25) is 4.79 Å². The standard InChI is InChI=1S/C14H17N3O4/c1-8-4-5-9(13(19)20)7-10(8)16-14(21)17-6-2-3-11(17)12(15)18/h4-5,7,11H,2-3,6H2,1H3,(H2,15,18)(H,16,21)(H,19,20). The Balaban J connectivity index is 2.18. The van der Waals surface area contributed by atoms with Gasteiger partial charge >= 0.3 is 12.0 Å². The van der Waals surface area contributed by atoms with Gasteiger partial charge in [0.2, 0.25) is 5.91 Å². The summed E-state index contributed by atoms with van der Waals surface area (Å²) in [5.74, 6) is -1.60. The molecule has 112 valence electrons. The molecule has 1 fully saturated rings. The number of anilines is 1. The lowest BCUT2D eigenvalue weighted by atomic mass is 10.1. The van der Waals surface area contributed by atoms with E-state index in [-0.39, 0.29) is 5.56 Å². The van der Waals surface area contributed by atoms with Gasteiger partial charge in [-0.2, -0.15) is 0 Å². The zero-order valence-electron chi connectivity index (χ0n) is 11.6. The van der Waals surface area contributed by atoms with Gasteiger partial charge in [-0.15, -0.1) is 0 Å². The van der Waals surface area contributed by atoms with E-state index in [2.05, 4.69) is 5.32 Å². The Morgan fingerprint density at radius 2 is 2.10 bits per heavy atom. The number of carbonyl (C=O) groups excluding carboxylic acids is 2. The van der Waals surface area contributed by atoms with E-state index in [0.29, 0.717) is 18.7 Å². The lowest BCUT2D eigenvalue weighted by Crippen LogP contribution is -2.45. The number of urea groups is 1. The largest absolute Gasteiger partial charge is 0.478 e. The average Bonchev–Trinajstić information content (AvgIpc) is 2.90. The Labute approximate surface area is 121 Å². The van der Waals surface area contributed by atoms with Gasteiger partial charge in [0.25, 0.3) is 0 Å². The number of carbonyl (C=O) groups is 3. The number of hydrogen-bond donors (Lipinski definition) is 3. The molecule has 0 aliphatic carbocycles. The first-order valence-electron chi connectivity index (χ1n) is 6.61. The quantitative estimate of drug-likeness (QED) is 0.775. The summed E-state index contributed by atoms with van der Waals surface area (Å²) in [5.41, 5.74) is 6.51. The molecule has 1 aromatic carbocycles. The highest BCUT2D eigenvalue weighted by molar-refractivity contribution is 5.96. The second-order valence-electron chi connectivity index (χ2n) is 5.02. The lowest BCUT2D eigenvalue weighted by molar-refractivity contribution is -0.121. The first kappa shape index (κ1) is 14.8. The van der Waals surface area contributed by atoms with Crippen LogP contribution in [0.2, 0.25) is 0 Å². The molecular formula is C14H17N3O4. The summed E-state index contributed by atoms with van der Waals surface area (Å²) in [6.07, 6.45) is 1.27. The summed E-state index contributed by atoms with van der Waals surface area (Å²) in [6, 6.07) is 3.43. The van der Waals surface area contributed by atoms with Crippen LogP contribution < -0.4 is 11.1 Å². The summed E-state index contributed by atoms with van der Waals surface area (Å²) >= 11 is 0. The van der Waals surface area contributed by atoms with Crippen LogP contribution in [-0.4, -0.2) is 40.5 Å². The molecule has 0 saturated carbocycles. The number of likely N-dealkylation sites (tertiary alicyclic amines) is 1. The maximum absolute atomic E-state index is 12.2. The normalized spacial score (nSPS) is 17.6. The molecule has 1 saturated heterocycles. The number of benzene rings is 1. The van der Waals surface area contributed by atoms with Crippen molar-refractivity contribution in [2.45, 2.75) is 25.8 Å². The topological polar surface area (TPSA) is 113 Å². The van der Waals surface area contributed by atoms with Crippen LogP contribution >= 0.6 is 0 Å². The van der Waals surface area contributed by atoms with Crippen LogP contribution in [0.15, 0.2) is 18.2 Å². The van der Waals surface area contributed by atoms with Crippen molar-refractivity contribution in [3.8, 4) is 0 Å². The van der Waals surface area contributed by atoms with E-state index >= 15 is 0 Å². The van der Waals surface area contributed by atoms with E-state index in [1.807, 2.05) is 0 Å². The van der Waals surface area contributed by atoms with Crippen LogP contribution in [0, 0.1) is 6.92 Å². The summed E-state index contributed by atoms with van der Waals surface area (Å²) in [7, 11) is 0. The van der Waals surface area contributed by atoms with E-state index in [0.717, 1.165) is 12.0 Å². The molecule has 1 heterocycles. The Bertz CT molecular complexity index is 600. The number of primary amides is 1. The Kier molecular flexibility index (Phi) is 4.11. The summed E-state index contributed by atoms with van der Waals surface area (Å²) in [6.45, 7) is 2.22. The second kappa shape index (κ2) is 5.82. The number of rotatable bonds is 3. The lowest BCUT2D eigenvalue weighted by Gasteiger charge is -2.23. The highest BCUT2D eigenvalue weighted by Crippen LogP contribution is 2.21. The summed E-state index contributed by atoms with van der Waals surface area (Å²) < 4.78 is 0. The van der Waals surface area contributed by atoms with Crippen LogP contribution in [0.1, 0.15) is 28.8 Å². The van der Waals surface area contributed by atoms with Crippen molar-refractivity contribution in [2.75, 3.05) is 11.9 Å². The molecule has 1 aliphatic rings. The molecule has 3 amide bonds. The molecule has 2 rings (SSSR count). The van der Waals surface area contributed by atoms with Gasteiger partial charge in [-0.25, -0.2) is 9.59 Å². The molecule has 0 aromatic heterocycles. The van der Waals surface area contributed by atoms with Gasteiger partial charge in [-0.1, -0.05) is 6.07 Å². The fourth-order valence-corrected chi connectivity index (χ4v) is 2.38. The maximum Gasteiger partial charge on any atom is 0.335 e. The van der Waals surface area contributed by atoms with Crippen molar-refractivity contribution < 1.29 is 19.5 Å². The number of nitrogens with zero attached hydrogens (tertiary/aromatic N) is 1. The molecule has 1 aromatic rings. The number of carboxylic acid groups (broad SMARTS) is 1. The molecule has 0 bridgehead atoms. The van der Waals surface area contributed by atoms with Crippen molar-refractivity contribution in [3.05, 3.63) is 29.3 Å². The monoisotopic (exact) mass is 291 g/mol. The molecule has 0 radical (unpaired) electrons. The predicted molar refractivity (Wildman–Crippen MR) is 76.1 cm³/mol. The minimum Gasteiger partial charge on any atom is -0.478 e. The van der Waals surface area contributed by atoms with Gasteiger partial charge in [0.15, 0.2) is 0 Å². The van der Waals surface area contributed by atoms with Gasteiger partial charge < -0.3 is 21.1 Å². The first-order valence-corrected chi connectivity index (χ1v) is 6.61. The Morgan fingerprint density at radius 3 is 2.71 bits per heavy atom. The first-order chi connectivity index (χ1) is 9.90. The number of aryl methyl sites for hydroxylation is 1. The van der Waals surface area contributed by atoms with Crippen molar-refractivity contribution >= 4 is 23.6 Å². The fourth-order valence-electron chi connectivity index (χ4n) is 2.38. The van der Waals surface area contributed by atoms with Crippen LogP contribution in [-0.2, 0) is 4.79 Å². The van der Waals surface area contributed by atoms with E-state index in [4.69, 9.17) is 10.8 Å². The number of carboxylic acids is 1. The molecular weight excluding hydrogens is 274 g/mol. The van der Waals surface area contributed by atoms with Crippen molar-refractivity contribution in [1.82, 2.24) is 4.90 Å². The molecule has 21 heavy (non-hydrogen) atoms. The molecule has 7 nitrogen and oxygen atoms in total. The SMILES string of the molecule is Cc1ccc(C(=O)O)cc1NC(=O)N1CCCC1C(N)=O. The average molecular weight is 291 g/mol. The number of hydrogen-bond acceptors (Lipinski definition) is 3. The highest BCUT2D eigenvalue weighted by atomic mass is 16.4. The van der Waals surface area contributed by atoms with Gasteiger partial charge in [-0.05, 0) is 37.5 Å². The molecule has 1 unspecified atom stereocenters. The third kappa shape index (κ3) is 3.13. The third-order valence-electron chi connectivity index (χ3n) is 3.57. The van der Waals surface area contributed by atoms with E-state index in [1.165, 1.54) is 17.0 Å². The van der Waals surface area contributed by atoms with Crippen LogP contribution in [0.4, 0.5) is 10.5 Å². The van der Waals surface area contributed by atoms with Crippen molar-refractivity contribution in [2.24, 2.45) is 5.73 Å². The Morgan fingerprint density at radius 1 is 1.38 bits per heavy atom. The predicted octanol–water partition coefficient (Wildman–Crippen LogP) is 1.17. The number of nitrogens with two attached hydrogens (primary N) is 1. The van der Waals surface area contributed by atoms with E-state index in [9.17, 15) is 14.4 Å². The number of amides is 3. The van der Waals surface area contributed by atoms with E-state index in [1.54, 1.807) is 13.0 Å². The van der Waals surface area contributed by atoms with Gasteiger partial charge in [0.05, 0.1) is 5.56 Å². The highest BCUT2D eigenvalue weighted by Gasteiger charge is 2.32. The molecule has 1 atom stereocenters. The number of nitrogens with one attached hydrogen (secondary N) is 1.